The molecule has 0 radical (unpaired) electrons. The molecule has 0 aliphatic carbocycles. The van der Waals surface area contributed by atoms with Crippen molar-refractivity contribution in [3.8, 4) is 6.07 Å². The van der Waals surface area contributed by atoms with Gasteiger partial charge in [-0.15, -0.1) is 0 Å². The molecule has 0 amide bonds. The first kappa shape index (κ1) is 10.3. The third kappa shape index (κ3) is 1.74. The Labute approximate surface area is 82.6 Å². The van der Waals surface area contributed by atoms with E-state index in [4.69, 9.17) is 10.4 Å². The van der Waals surface area contributed by atoms with Crippen LogP contribution < -0.4 is 0 Å². The van der Waals surface area contributed by atoms with Crippen LogP contribution in [0.2, 0.25) is 0 Å². The van der Waals surface area contributed by atoms with Crippen molar-refractivity contribution in [1.82, 2.24) is 0 Å². The van der Waals surface area contributed by atoms with E-state index in [9.17, 15) is 4.79 Å². The van der Waals surface area contributed by atoms with Gasteiger partial charge in [0.1, 0.15) is 0 Å². The summed E-state index contributed by atoms with van der Waals surface area (Å²) in [6, 6.07) is 5.25. The van der Waals surface area contributed by atoms with E-state index in [1.54, 1.807) is 19.1 Å². The van der Waals surface area contributed by atoms with Crippen molar-refractivity contribution in [3.63, 3.8) is 0 Å². The SMILES string of the molecule is CCc1cc(C#N)c(C)cc1C(=O)O. The van der Waals surface area contributed by atoms with Gasteiger partial charge >= 0.3 is 5.97 Å². The highest BCUT2D eigenvalue weighted by molar-refractivity contribution is 5.90. The predicted octanol–water partition coefficient (Wildman–Crippen LogP) is 2.13. The van der Waals surface area contributed by atoms with Crippen LogP contribution in [0.4, 0.5) is 0 Å². The van der Waals surface area contributed by atoms with E-state index >= 15 is 0 Å². The van der Waals surface area contributed by atoms with Crippen LogP contribution in [0.3, 0.4) is 0 Å². The lowest BCUT2D eigenvalue weighted by molar-refractivity contribution is 0.0695. The van der Waals surface area contributed by atoms with Gasteiger partial charge in [0.05, 0.1) is 17.2 Å². The van der Waals surface area contributed by atoms with Crippen molar-refractivity contribution < 1.29 is 9.90 Å². The molecule has 14 heavy (non-hydrogen) atoms. The molecule has 0 aromatic heterocycles. The minimum absolute atomic E-state index is 0.295. The maximum Gasteiger partial charge on any atom is 0.335 e. The van der Waals surface area contributed by atoms with Gasteiger partial charge in [-0.05, 0) is 36.6 Å². The number of carbonyl (C=O) groups is 1. The normalized spacial score (nSPS) is 9.50. The van der Waals surface area contributed by atoms with E-state index < -0.39 is 5.97 Å². The molecule has 0 bridgehead atoms. The van der Waals surface area contributed by atoms with E-state index in [1.165, 1.54) is 0 Å². The highest BCUT2D eigenvalue weighted by atomic mass is 16.4. The van der Waals surface area contributed by atoms with Gasteiger partial charge in [-0.1, -0.05) is 6.92 Å². The highest BCUT2D eigenvalue weighted by Crippen LogP contribution is 2.16. The van der Waals surface area contributed by atoms with Crippen molar-refractivity contribution >= 4 is 5.97 Å². The van der Waals surface area contributed by atoms with E-state index in [-0.39, 0.29) is 0 Å². The monoisotopic (exact) mass is 189 g/mol. The minimum atomic E-state index is -0.936. The fourth-order valence-corrected chi connectivity index (χ4v) is 1.36. The molecule has 0 atom stereocenters. The first-order valence-corrected chi connectivity index (χ1v) is 4.37. The third-order valence-corrected chi connectivity index (χ3v) is 2.18. The Balaban J connectivity index is 3.41. The zero-order valence-corrected chi connectivity index (χ0v) is 8.16. The first-order chi connectivity index (χ1) is 6.60. The third-order valence-electron chi connectivity index (χ3n) is 2.18. The first-order valence-electron chi connectivity index (χ1n) is 4.37. The summed E-state index contributed by atoms with van der Waals surface area (Å²) in [5.74, 6) is -0.936. The molecule has 3 nitrogen and oxygen atoms in total. The zero-order valence-electron chi connectivity index (χ0n) is 8.16. The van der Waals surface area contributed by atoms with Gasteiger partial charge in [-0.3, -0.25) is 0 Å². The second-order valence-electron chi connectivity index (χ2n) is 3.09. The fourth-order valence-electron chi connectivity index (χ4n) is 1.36. The molecule has 0 fully saturated rings. The molecule has 1 N–H and O–H groups in total. The Kier molecular flexibility index (Phi) is 2.88. The average Bonchev–Trinajstić information content (AvgIpc) is 2.17. The second-order valence-corrected chi connectivity index (χ2v) is 3.09. The number of carboxylic acid groups (broad SMARTS) is 1. The number of nitrogens with zero attached hydrogens (tertiary/aromatic N) is 1. The van der Waals surface area contributed by atoms with Crippen molar-refractivity contribution in [2.45, 2.75) is 20.3 Å². The summed E-state index contributed by atoms with van der Waals surface area (Å²) >= 11 is 0. The van der Waals surface area contributed by atoms with Crippen LogP contribution in [-0.2, 0) is 6.42 Å². The topological polar surface area (TPSA) is 61.1 Å². The van der Waals surface area contributed by atoms with Crippen molar-refractivity contribution in [2.75, 3.05) is 0 Å². The van der Waals surface area contributed by atoms with E-state index in [1.807, 2.05) is 13.0 Å². The smallest absolute Gasteiger partial charge is 0.335 e. The number of aromatic carboxylic acids is 1. The van der Waals surface area contributed by atoms with Gasteiger partial charge in [0.25, 0.3) is 0 Å². The van der Waals surface area contributed by atoms with Crippen molar-refractivity contribution in [3.05, 3.63) is 34.4 Å². The summed E-state index contributed by atoms with van der Waals surface area (Å²) in [6.45, 7) is 3.61. The van der Waals surface area contributed by atoms with Gasteiger partial charge in [0.2, 0.25) is 0 Å². The van der Waals surface area contributed by atoms with Gasteiger partial charge in [0, 0.05) is 0 Å². The predicted molar refractivity (Wildman–Crippen MR) is 52.2 cm³/mol. The van der Waals surface area contributed by atoms with Gasteiger partial charge in [0.15, 0.2) is 0 Å². The Morgan fingerprint density at radius 2 is 2.21 bits per heavy atom. The quantitative estimate of drug-likeness (QED) is 0.775. The molecule has 0 aliphatic heterocycles. The molecule has 0 spiro atoms. The van der Waals surface area contributed by atoms with Gasteiger partial charge < -0.3 is 5.11 Å². The summed E-state index contributed by atoms with van der Waals surface area (Å²) in [6.07, 6.45) is 0.622. The standard InChI is InChI=1S/C11H11NO2/c1-3-8-5-9(6-12)7(2)4-10(8)11(13)14/h4-5H,3H2,1-2H3,(H,13,14). The number of hydrogen-bond acceptors (Lipinski definition) is 2. The lowest BCUT2D eigenvalue weighted by Gasteiger charge is -2.06. The van der Waals surface area contributed by atoms with Crippen molar-refractivity contribution in [2.24, 2.45) is 0 Å². The number of hydrogen-bond donors (Lipinski definition) is 1. The average molecular weight is 189 g/mol. The van der Waals surface area contributed by atoms with E-state index in [0.29, 0.717) is 28.7 Å². The summed E-state index contributed by atoms with van der Waals surface area (Å²) in [4.78, 5) is 10.8. The molecule has 0 unspecified atom stereocenters. The molecule has 1 rings (SSSR count). The van der Waals surface area contributed by atoms with Crippen molar-refractivity contribution in [1.29, 1.82) is 5.26 Å². The number of benzene rings is 1. The molecule has 1 aromatic rings. The molecule has 72 valence electrons. The summed E-state index contributed by atoms with van der Waals surface area (Å²) < 4.78 is 0. The van der Waals surface area contributed by atoms with Crippen LogP contribution in [0.25, 0.3) is 0 Å². The minimum Gasteiger partial charge on any atom is -0.478 e. The Morgan fingerprint density at radius 1 is 1.57 bits per heavy atom. The van der Waals surface area contributed by atoms with Crippen LogP contribution >= 0.6 is 0 Å². The zero-order chi connectivity index (χ0) is 10.7. The maximum atomic E-state index is 10.8. The number of nitriles is 1. The molecule has 0 saturated carbocycles. The molecular weight excluding hydrogens is 178 g/mol. The molecular formula is C11H11NO2. The molecule has 1 aromatic carbocycles. The Morgan fingerprint density at radius 3 is 2.64 bits per heavy atom. The molecule has 3 heteroatoms. The van der Waals surface area contributed by atoms with E-state index in [0.717, 1.165) is 0 Å². The fraction of sp³-hybridized carbons (Fsp3) is 0.273. The lowest BCUT2D eigenvalue weighted by Crippen LogP contribution is -2.03. The van der Waals surface area contributed by atoms with Crippen LogP contribution in [0.5, 0.6) is 0 Å². The van der Waals surface area contributed by atoms with Crippen LogP contribution in [-0.4, -0.2) is 11.1 Å². The molecule has 0 aliphatic rings. The van der Waals surface area contributed by atoms with Crippen LogP contribution in [0, 0.1) is 18.3 Å². The summed E-state index contributed by atoms with van der Waals surface area (Å²) in [5.41, 5.74) is 2.26. The Bertz CT molecular complexity index is 416. The number of aryl methyl sites for hydroxylation is 2. The maximum absolute atomic E-state index is 10.8. The van der Waals surface area contributed by atoms with E-state index in [2.05, 4.69) is 0 Å². The Hall–Kier alpha value is -1.82. The van der Waals surface area contributed by atoms with Gasteiger partial charge in [-0.25, -0.2) is 4.79 Å². The van der Waals surface area contributed by atoms with Gasteiger partial charge in [-0.2, -0.15) is 5.26 Å². The second kappa shape index (κ2) is 3.93. The number of rotatable bonds is 2. The summed E-state index contributed by atoms with van der Waals surface area (Å²) in [7, 11) is 0. The van der Waals surface area contributed by atoms with Crippen LogP contribution in [0.1, 0.15) is 34.0 Å². The number of carboxylic acids is 1. The largest absolute Gasteiger partial charge is 0.478 e. The summed E-state index contributed by atoms with van der Waals surface area (Å²) in [5, 5.41) is 17.7. The highest BCUT2D eigenvalue weighted by Gasteiger charge is 2.11. The van der Waals surface area contributed by atoms with Crippen LogP contribution in [0.15, 0.2) is 12.1 Å². The lowest BCUT2D eigenvalue weighted by atomic mass is 9.98. The molecule has 0 heterocycles. The molecule has 0 saturated heterocycles.